The zero-order chi connectivity index (χ0) is 14.1. The molecule has 104 valence electrons. The summed E-state index contributed by atoms with van der Waals surface area (Å²) in [5.41, 5.74) is -1.46. The lowest BCUT2D eigenvalue weighted by atomic mass is 10.0. The van der Waals surface area contributed by atoms with E-state index < -0.39 is 23.7 Å². The molecule has 0 bridgehead atoms. The molecule has 0 N–H and O–H groups in total. The number of hydrogen-bond donors (Lipinski definition) is 0. The van der Waals surface area contributed by atoms with Crippen LogP contribution in [0.1, 0.15) is 44.5 Å². The summed E-state index contributed by atoms with van der Waals surface area (Å²) in [5, 5.41) is 6.43. The summed E-state index contributed by atoms with van der Waals surface area (Å²) in [5.74, 6) is -5.49. The van der Waals surface area contributed by atoms with Crippen molar-refractivity contribution in [1.29, 1.82) is 0 Å². The van der Waals surface area contributed by atoms with E-state index in [1.54, 1.807) is 6.92 Å². The maximum Gasteiger partial charge on any atom is 0.459 e. The lowest BCUT2D eigenvalue weighted by Gasteiger charge is -2.20. The Labute approximate surface area is 101 Å². The molecule has 0 aliphatic carbocycles. The van der Waals surface area contributed by atoms with Crippen LogP contribution in [0, 0.1) is 0 Å². The minimum atomic E-state index is -5.66. The van der Waals surface area contributed by atoms with Crippen molar-refractivity contribution in [3.05, 3.63) is 11.4 Å². The van der Waals surface area contributed by atoms with Crippen molar-refractivity contribution >= 4 is 0 Å². The van der Waals surface area contributed by atoms with Crippen molar-refractivity contribution in [3.63, 3.8) is 0 Å². The third-order valence-corrected chi connectivity index (χ3v) is 2.41. The maximum atomic E-state index is 13.3. The molecule has 1 aromatic rings. The maximum absolute atomic E-state index is 13.3. The molecule has 0 spiro atoms. The molecule has 3 nitrogen and oxygen atoms in total. The molecular weight excluding hydrogens is 257 g/mol. The first-order chi connectivity index (χ1) is 8.13. The van der Waals surface area contributed by atoms with Crippen LogP contribution in [0.15, 0.2) is 0 Å². The molecule has 0 aliphatic rings. The second-order valence-electron chi connectivity index (χ2n) is 4.27. The Balaban J connectivity index is 3.33. The highest BCUT2D eigenvalue weighted by molar-refractivity contribution is 5.21. The van der Waals surface area contributed by atoms with E-state index in [1.807, 2.05) is 0 Å². The summed E-state index contributed by atoms with van der Waals surface area (Å²) < 4.78 is 64.7. The summed E-state index contributed by atoms with van der Waals surface area (Å²) in [6.07, 6.45) is -5.09. The van der Waals surface area contributed by atoms with Gasteiger partial charge in [0.25, 0.3) is 0 Å². The predicted molar refractivity (Wildman–Crippen MR) is 54.4 cm³/mol. The van der Waals surface area contributed by atoms with E-state index in [9.17, 15) is 22.0 Å². The van der Waals surface area contributed by atoms with Crippen molar-refractivity contribution in [2.45, 2.75) is 51.8 Å². The van der Waals surface area contributed by atoms with Gasteiger partial charge in [-0.2, -0.15) is 22.0 Å². The lowest BCUT2D eigenvalue weighted by molar-refractivity contribution is -0.291. The monoisotopic (exact) mass is 271 g/mol. The SMILES string of the molecule is CCCn1nnc(C(F)(F)C(F)(F)F)c1C(C)C. The predicted octanol–water partition coefficient (Wildman–Crippen LogP) is 3.47. The second-order valence-corrected chi connectivity index (χ2v) is 4.27. The second kappa shape index (κ2) is 4.81. The Kier molecular flexibility index (Phi) is 3.97. The third-order valence-electron chi connectivity index (χ3n) is 2.41. The van der Waals surface area contributed by atoms with Crippen molar-refractivity contribution in [2.24, 2.45) is 0 Å². The van der Waals surface area contributed by atoms with E-state index in [-0.39, 0.29) is 12.2 Å². The molecule has 0 radical (unpaired) electrons. The third kappa shape index (κ3) is 2.46. The van der Waals surface area contributed by atoms with Crippen LogP contribution in [0.2, 0.25) is 0 Å². The average Bonchev–Trinajstić information content (AvgIpc) is 2.60. The largest absolute Gasteiger partial charge is 0.459 e. The Morgan fingerprint density at radius 1 is 1.17 bits per heavy atom. The van der Waals surface area contributed by atoms with Gasteiger partial charge in [-0.15, -0.1) is 5.10 Å². The van der Waals surface area contributed by atoms with E-state index in [2.05, 4.69) is 10.3 Å². The van der Waals surface area contributed by atoms with E-state index in [1.165, 1.54) is 13.8 Å². The number of alkyl halides is 5. The first-order valence-electron chi connectivity index (χ1n) is 5.51. The molecule has 0 aliphatic heterocycles. The van der Waals surface area contributed by atoms with Crippen LogP contribution in [0.25, 0.3) is 0 Å². The smallest absolute Gasteiger partial charge is 0.249 e. The van der Waals surface area contributed by atoms with Gasteiger partial charge in [-0.1, -0.05) is 26.0 Å². The minimum absolute atomic E-state index is 0.167. The number of rotatable bonds is 4. The molecule has 0 unspecified atom stereocenters. The van der Waals surface area contributed by atoms with Gasteiger partial charge in [-0.25, -0.2) is 4.68 Å². The summed E-state index contributed by atoms with van der Waals surface area (Å²) >= 11 is 0. The average molecular weight is 271 g/mol. The van der Waals surface area contributed by atoms with Gasteiger partial charge in [0.2, 0.25) is 0 Å². The van der Waals surface area contributed by atoms with E-state index in [0.717, 1.165) is 4.68 Å². The van der Waals surface area contributed by atoms with Gasteiger partial charge >= 0.3 is 12.1 Å². The quantitative estimate of drug-likeness (QED) is 0.785. The number of aromatic nitrogens is 3. The normalized spacial score (nSPS) is 13.4. The molecule has 1 heterocycles. The number of aryl methyl sites for hydroxylation is 1. The summed E-state index contributed by atoms with van der Waals surface area (Å²) in [6.45, 7) is 5.09. The lowest BCUT2D eigenvalue weighted by Crippen LogP contribution is -2.35. The molecule has 1 aromatic heterocycles. The van der Waals surface area contributed by atoms with Crippen LogP contribution in [0.4, 0.5) is 22.0 Å². The molecule has 1 rings (SSSR count). The van der Waals surface area contributed by atoms with E-state index >= 15 is 0 Å². The van der Waals surface area contributed by atoms with Gasteiger partial charge in [0.05, 0.1) is 5.69 Å². The topological polar surface area (TPSA) is 30.7 Å². The van der Waals surface area contributed by atoms with Gasteiger partial charge < -0.3 is 0 Å². The first kappa shape index (κ1) is 14.8. The molecule has 0 amide bonds. The zero-order valence-corrected chi connectivity index (χ0v) is 10.2. The highest BCUT2D eigenvalue weighted by Gasteiger charge is 2.62. The van der Waals surface area contributed by atoms with Gasteiger partial charge in [0.15, 0.2) is 5.69 Å². The summed E-state index contributed by atoms with van der Waals surface area (Å²) in [6, 6.07) is 0. The highest BCUT2D eigenvalue weighted by Crippen LogP contribution is 2.45. The van der Waals surface area contributed by atoms with Crippen molar-refractivity contribution in [3.8, 4) is 0 Å². The van der Waals surface area contributed by atoms with Crippen molar-refractivity contribution < 1.29 is 22.0 Å². The van der Waals surface area contributed by atoms with Gasteiger partial charge in [0.1, 0.15) is 0 Å². The van der Waals surface area contributed by atoms with Crippen LogP contribution in [-0.4, -0.2) is 21.2 Å². The van der Waals surface area contributed by atoms with Gasteiger partial charge in [-0.05, 0) is 12.3 Å². The van der Waals surface area contributed by atoms with Crippen LogP contribution < -0.4 is 0 Å². The Morgan fingerprint density at radius 2 is 1.72 bits per heavy atom. The molecular formula is C10H14F5N3. The summed E-state index contributed by atoms with van der Waals surface area (Å²) in [4.78, 5) is 0. The molecule has 0 aromatic carbocycles. The molecule has 0 saturated carbocycles. The van der Waals surface area contributed by atoms with Gasteiger partial charge in [0, 0.05) is 6.54 Å². The number of hydrogen-bond acceptors (Lipinski definition) is 2. The molecule has 0 saturated heterocycles. The molecule has 18 heavy (non-hydrogen) atoms. The summed E-state index contributed by atoms with van der Waals surface area (Å²) in [7, 11) is 0. The van der Waals surface area contributed by atoms with Crippen LogP contribution >= 0.6 is 0 Å². The van der Waals surface area contributed by atoms with E-state index in [4.69, 9.17) is 0 Å². The minimum Gasteiger partial charge on any atom is -0.249 e. The Bertz CT molecular complexity index is 408. The highest BCUT2D eigenvalue weighted by atomic mass is 19.4. The fourth-order valence-electron chi connectivity index (χ4n) is 1.63. The first-order valence-corrected chi connectivity index (χ1v) is 5.51. The van der Waals surface area contributed by atoms with Crippen LogP contribution in [0.5, 0.6) is 0 Å². The van der Waals surface area contributed by atoms with Crippen molar-refractivity contribution in [1.82, 2.24) is 15.0 Å². The molecule has 0 fully saturated rings. The van der Waals surface area contributed by atoms with Crippen molar-refractivity contribution in [2.75, 3.05) is 0 Å². The van der Waals surface area contributed by atoms with E-state index in [0.29, 0.717) is 6.42 Å². The fraction of sp³-hybridized carbons (Fsp3) is 0.800. The van der Waals surface area contributed by atoms with Gasteiger partial charge in [-0.3, -0.25) is 0 Å². The number of halogens is 5. The van der Waals surface area contributed by atoms with Crippen LogP contribution in [-0.2, 0) is 12.5 Å². The zero-order valence-electron chi connectivity index (χ0n) is 10.2. The standard InChI is InChI=1S/C10H14F5N3/c1-4-5-18-7(6(2)3)8(16-17-18)9(11,12)10(13,14)15/h6H,4-5H2,1-3H3. The molecule has 8 heteroatoms. The number of nitrogens with zero attached hydrogens (tertiary/aromatic N) is 3. The van der Waals surface area contributed by atoms with Crippen LogP contribution in [0.3, 0.4) is 0 Å². The Hall–Kier alpha value is -1.21. The fourth-order valence-corrected chi connectivity index (χ4v) is 1.63. The Morgan fingerprint density at radius 3 is 2.11 bits per heavy atom. The molecule has 0 atom stereocenters.